The Morgan fingerprint density at radius 3 is 2.26 bits per heavy atom. The molecule has 0 nitrogen and oxygen atoms in total. The van der Waals surface area contributed by atoms with Gasteiger partial charge in [-0.15, -0.1) is 6.58 Å². The van der Waals surface area contributed by atoms with Crippen LogP contribution in [0.5, 0.6) is 0 Å². The molecule has 112 valence electrons. The van der Waals surface area contributed by atoms with Crippen molar-refractivity contribution in [3.63, 3.8) is 0 Å². The topological polar surface area (TPSA) is 0 Å². The second-order valence-electron chi connectivity index (χ2n) is 7.01. The van der Waals surface area contributed by atoms with Gasteiger partial charge in [-0.3, -0.25) is 0 Å². The number of rotatable bonds is 10. The minimum absolute atomic E-state index is 0.878. The summed E-state index contributed by atoms with van der Waals surface area (Å²) >= 11 is 0. The lowest BCUT2D eigenvalue weighted by atomic mass is 9.62. The molecule has 1 rings (SSSR count). The quantitative estimate of drug-likeness (QED) is 0.397. The summed E-state index contributed by atoms with van der Waals surface area (Å²) in [6.07, 6.45) is 13.2. The van der Waals surface area contributed by atoms with Crippen molar-refractivity contribution >= 4 is 0 Å². The lowest BCUT2D eigenvalue weighted by Crippen LogP contribution is -2.34. The molecule has 0 heteroatoms. The van der Waals surface area contributed by atoms with Gasteiger partial charge in [-0.2, -0.15) is 0 Å². The summed E-state index contributed by atoms with van der Waals surface area (Å²) in [5.74, 6) is 4.89. The maximum absolute atomic E-state index is 3.84. The fourth-order valence-electron chi connectivity index (χ4n) is 4.08. The molecule has 0 bridgehead atoms. The standard InChI is InChI=1S/C19H36/c1-6-9-10-15(4)11-13-17(7-2)18(8-3)19-14-12-16(19)5/h6,15-19H,1,7-14H2,2-5H3. The first-order chi connectivity index (χ1) is 9.13. The van der Waals surface area contributed by atoms with Crippen LogP contribution in [0.15, 0.2) is 12.7 Å². The molecular formula is C19H36. The van der Waals surface area contributed by atoms with Crippen LogP contribution in [0, 0.1) is 29.6 Å². The predicted octanol–water partition coefficient (Wildman–Crippen LogP) is 6.47. The summed E-state index contributed by atoms with van der Waals surface area (Å²) in [4.78, 5) is 0. The Labute approximate surface area is 122 Å². The van der Waals surface area contributed by atoms with Crippen LogP contribution in [0.25, 0.3) is 0 Å². The van der Waals surface area contributed by atoms with Crippen molar-refractivity contribution in [1.29, 1.82) is 0 Å². The van der Waals surface area contributed by atoms with Crippen LogP contribution in [0.4, 0.5) is 0 Å². The summed E-state index contributed by atoms with van der Waals surface area (Å²) < 4.78 is 0. The van der Waals surface area contributed by atoms with E-state index in [-0.39, 0.29) is 0 Å². The second kappa shape index (κ2) is 8.82. The number of hydrogen-bond donors (Lipinski definition) is 0. The van der Waals surface area contributed by atoms with Crippen molar-refractivity contribution in [3.05, 3.63) is 12.7 Å². The Morgan fingerprint density at radius 1 is 1.11 bits per heavy atom. The first-order valence-electron chi connectivity index (χ1n) is 8.74. The van der Waals surface area contributed by atoms with Gasteiger partial charge < -0.3 is 0 Å². The van der Waals surface area contributed by atoms with E-state index < -0.39 is 0 Å². The van der Waals surface area contributed by atoms with Crippen molar-refractivity contribution < 1.29 is 0 Å². The summed E-state index contributed by atoms with van der Waals surface area (Å²) in [5.41, 5.74) is 0. The molecule has 0 heterocycles. The van der Waals surface area contributed by atoms with E-state index in [1.165, 1.54) is 51.4 Å². The van der Waals surface area contributed by atoms with E-state index in [9.17, 15) is 0 Å². The Hall–Kier alpha value is -0.260. The van der Waals surface area contributed by atoms with Crippen molar-refractivity contribution in [2.45, 2.75) is 79.1 Å². The fourth-order valence-corrected chi connectivity index (χ4v) is 4.08. The molecule has 0 N–H and O–H groups in total. The van der Waals surface area contributed by atoms with Crippen molar-refractivity contribution in [1.82, 2.24) is 0 Å². The van der Waals surface area contributed by atoms with Gasteiger partial charge in [-0.05, 0) is 55.3 Å². The zero-order chi connectivity index (χ0) is 14.3. The molecule has 5 atom stereocenters. The molecule has 0 spiro atoms. The third kappa shape index (κ3) is 4.97. The third-order valence-corrected chi connectivity index (χ3v) is 5.73. The third-order valence-electron chi connectivity index (χ3n) is 5.73. The monoisotopic (exact) mass is 264 g/mol. The van der Waals surface area contributed by atoms with E-state index in [2.05, 4.69) is 40.3 Å². The van der Waals surface area contributed by atoms with E-state index >= 15 is 0 Å². The molecule has 1 aliphatic rings. The lowest BCUT2D eigenvalue weighted by molar-refractivity contribution is 0.0667. The zero-order valence-electron chi connectivity index (χ0n) is 13.8. The van der Waals surface area contributed by atoms with Gasteiger partial charge in [0, 0.05) is 0 Å². The Bertz CT molecular complexity index is 242. The SMILES string of the molecule is C=CCCC(C)CCC(CC)C(CC)C1CCC1C. The van der Waals surface area contributed by atoms with E-state index in [0.29, 0.717) is 0 Å². The van der Waals surface area contributed by atoms with Crippen molar-refractivity contribution in [3.8, 4) is 0 Å². The highest BCUT2D eigenvalue weighted by molar-refractivity contribution is 4.86. The van der Waals surface area contributed by atoms with Crippen molar-refractivity contribution in [2.75, 3.05) is 0 Å². The van der Waals surface area contributed by atoms with E-state index in [4.69, 9.17) is 0 Å². The average Bonchev–Trinajstić information content (AvgIpc) is 2.42. The second-order valence-corrected chi connectivity index (χ2v) is 7.01. The number of allylic oxidation sites excluding steroid dienone is 1. The lowest BCUT2D eigenvalue weighted by Gasteiger charge is -2.43. The summed E-state index contributed by atoms with van der Waals surface area (Å²) in [5, 5.41) is 0. The molecule has 1 fully saturated rings. The average molecular weight is 264 g/mol. The van der Waals surface area contributed by atoms with E-state index in [0.717, 1.165) is 29.6 Å². The minimum Gasteiger partial charge on any atom is -0.103 e. The van der Waals surface area contributed by atoms with Crippen molar-refractivity contribution in [2.24, 2.45) is 29.6 Å². The minimum atomic E-state index is 0.878. The summed E-state index contributed by atoms with van der Waals surface area (Å²) in [6.45, 7) is 13.5. The maximum Gasteiger partial charge on any atom is -0.0351 e. The van der Waals surface area contributed by atoms with Gasteiger partial charge >= 0.3 is 0 Å². The van der Waals surface area contributed by atoms with Crippen LogP contribution in [0.2, 0.25) is 0 Å². The highest BCUT2D eigenvalue weighted by atomic mass is 14.4. The predicted molar refractivity (Wildman–Crippen MR) is 87.3 cm³/mol. The normalized spacial score (nSPS) is 27.4. The molecule has 1 saturated carbocycles. The molecule has 5 unspecified atom stereocenters. The number of hydrogen-bond acceptors (Lipinski definition) is 0. The van der Waals surface area contributed by atoms with Crippen LogP contribution in [0.1, 0.15) is 79.1 Å². The van der Waals surface area contributed by atoms with E-state index in [1.807, 2.05) is 0 Å². The van der Waals surface area contributed by atoms with Gasteiger partial charge in [-0.1, -0.05) is 59.5 Å². The largest absolute Gasteiger partial charge is 0.103 e. The molecule has 0 aromatic heterocycles. The molecule has 19 heavy (non-hydrogen) atoms. The first kappa shape index (κ1) is 16.8. The molecule has 0 aromatic rings. The molecular weight excluding hydrogens is 228 g/mol. The van der Waals surface area contributed by atoms with Gasteiger partial charge in [-0.25, -0.2) is 0 Å². The van der Waals surface area contributed by atoms with Crippen LogP contribution < -0.4 is 0 Å². The molecule has 0 amide bonds. The highest BCUT2D eigenvalue weighted by Gasteiger charge is 2.36. The van der Waals surface area contributed by atoms with Gasteiger partial charge in [0.25, 0.3) is 0 Å². The Balaban J connectivity index is 2.39. The molecule has 1 aliphatic carbocycles. The summed E-state index contributed by atoms with van der Waals surface area (Å²) in [6, 6.07) is 0. The van der Waals surface area contributed by atoms with Gasteiger partial charge in [0.2, 0.25) is 0 Å². The smallest absolute Gasteiger partial charge is 0.0351 e. The maximum atomic E-state index is 3.84. The Morgan fingerprint density at radius 2 is 1.84 bits per heavy atom. The van der Waals surface area contributed by atoms with Crippen LogP contribution >= 0.6 is 0 Å². The zero-order valence-corrected chi connectivity index (χ0v) is 13.8. The highest BCUT2D eigenvalue weighted by Crippen LogP contribution is 2.45. The van der Waals surface area contributed by atoms with Crippen LogP contribution in [0.3, 0.4) is 0 Å². The first-order valence-corrected chi connectivity index (χ1v) is 8.74. The van der Waals surface area contributed by atoms with E-state index in [1.54, 1.807) is 0 Å². The molecule has 0 aliphatic heterocycles. The van der Waals surface area contributed by atoms with Crippen LogP contribution in [-0.4, -0.2) is 0 Å². The molecule has 0 radical (unpaired) electrons. The van der Waals surface area contributed by atoms with Gasteiger partial charge in [0.1, 0.15) is 0 Å². The Kier molecular flexibility index (Phi) is 7.80. The fraction of sp³-hybridized carbons (Fsp3) is 0.895. The molecule has 0 aromatic carbocycles. The van der Waals surface area contributed by atoms with Gasteiger partial charge in [0.05, 0.1) is 0 Å². The van der Waals surface area contributed by atoms with Gasteiger partial charge in [0.15, 0.2) is 0 Å². The summed E-state index contributed by atoms with van der Waals surface area (Å²) in [7, 11) is 0. The molecule has 0 saturated heterocycles. The van der Waals surface area contributed by atoms with Crippen LogP contribution in [-0.2, 0) is 0 Å².